The van der Waals surface area contributed by atoms with Crippen LogP contribution in [0.1, 0.15) is 30.4 Å². The van der Waals surface area contributed by atoms with Crippen molar-refractivity contribution in [2.24, 2.45) is 0 Å². The molecule has 1 N–H and O–H groups in total. The number of carbonyl (C=O) groups is 1. The van der Waals surface area contributed by atoms with E-state index in [0.29, 0.717) is 0 Å². The molecule has 0 saturated carbocycles. The van der Waals surface area contributed by atoms with E-state index >= 15 is 0 Å². The number of carbonyl (C=O) groups excluding carboxylic acids is 1. The van der Waals surface area contributed by atoms with Crippen molar-refractivity contribution in [3.63, 3.8) is 0 Å². The standard InChI is InChI=1S/C18H19NO2/c1-2-11-21-14-9-7-13(8-10-14)12-16-15-5-3-4-6-17(15)19-18(16)20/h3-10,16H,2,11-12H2,1H3,(H,19,20)/t16-/m0/s1. The van der Waals surface area contributed by atoms with E-state index in [0.717, 1.165) is 42.0 Å². The molecule has 3 rings (SSSR count). The number of nitrogens with one attached hydrogen (secondary N) is 1. The Morgan fingerprint density at radius 3 is 2.62 bits per heavy atom. The second kappa shape index (κ2) is 6.00. The second-order valence-electron chi connectivity index (χ2n) is 5.33. The summed E-state index contributed by atoms with van der Waals surface area (Å²) in [6.07, 6.45) is 1.72. The van der Waals surface area contributed by atoms with Crippen LogP contribution in [-0.4, -0.2) is 12.5 Å². The number of anilines is 1. The Morgan fingerprint density at radius 1 is 1.10 bits per heavy atom. The van der Waals surface area contributed by atoms with Crippen molar-refractivity contribution < 1.29 is 9.53 Å². The van der Waals surface area contributed by atoms with Gasteiger partial charge in [-0.3, -0.25) is 4.79 Å². The van der Waals surface area contributed by atoms with Crippen LogP contribution in [0.5, 0.6) is 5.75 Å². The maximum absolute atomic E-state index is 12.1. The third-order valence-electron chi connectivity index (χ3n) is 3.75. The van der Waals surface area contributed by atoms with E-state index in [4.69, 9.17) is 4.74 Å². The summed E-state index contributed by atoms with van der Waals surface area (Å²) in [5.74, 6) is 0.878. The fourth-order valence-corrected chi connectivity index (χ4v) is 2.66. The van der Waals surface area contributed by atoms with Crippen molar-refractivity contribution in [3.05, 3.63) is 59.7 Å². The van der Waals surface area contributed by atoms with Crippen LogP contribution in [0.3, 0.4) is 0 Å². The van der Waals surface area contributed by atoms with Gasteiger partial charge in [0.1, 0.15) is 5.75 Å². The Hall–Kier alpha value is -2.29. The zero-order valence-corrected chi connectivity index (χ0v) is 12.1. The lowest BCUT2D eigenvalue weighted by atomic mass is 9.93. The van der Waals surface area contributed by atoms with Gasteiger partial charge in [-0.1, -0.05) is 37.3 Å². The Kier molecular flexibility index (Phi) is 3.91. The van der Waals surface area contributed by atoms with Crippen molar-refractivity contribution in [2.45, 2.75) is 25.7 Å². The van der Waals surface area contributed by atoms with Gasteiger partial charge in [0, 0.05) is 5.69 Å². The second-order valence-corrected chi connectivity index (χ2v) is 5.33. The third-order valence-corrected chi connectivity index (χ3v) is 3.75. The summed E-state index contributed by atoms with van der Waals surface area (Å²) in [5.41, 5.74) is 3.18. The van der Waals surface area contributed by atoms with Crippen molar-refractivity contribution >= 4 is 11.6 Å². The molecule has 21 heavy (non-hydrogen) atoms. The van der Waals surface area contributed by atoms with Crippen molar-refractivity contribution in [1.82, 2.24) is 0 Å². The van der Waals surface area contributed by atoms with Gasteiger partial charge in [-0.05, 0) is 42.2 Å². The quantitative estimate of drug-likeness (QED) is 0.906. The molecular formula is C18H19NO2. The first kappa shape index (κ1) is 13.7. The average Bonchev–Trinajstić information content (AvgIpc) is 2.83. The van der Waals surface area contributed by atoms with Gasteiger partial charge >= 0.3 is 0 Å². The van der Waals surface area contributed by atoms with Crippen molar-refractivity contribution in [3.8, 4) is 5.75 Å². The Balaban J connectivity index is 1.73. The monoisotopic (exact) mass is 281 g/mol. The van der Waals surface area contributed by atoms with Gasteiger partial charge < -0.3 is 10.1 Å². The average molecular weight is 281 g/mol. The first-order chi connectivity index (χ1) is 10.3. The number of rotatable bonds is 5. The third kappa shape index (κ3) is 2.92. The van der Waals surface area contributed by atoms with Crippen molar-refractivity contribution in [1.29, 1.82) is 0 Å². The predicted molar refractivity (Wildman–Crippen MR) is 83.7 cm³/mol. The molecule has 0 unspecified atom stereocenters. The van der Waals surface area contributed by atoms with Gasteiger partial charge in [-0.2, -0.15) is 0 Å². The van der Waals surface area contributed by atoms with E-state index in [1.165, 1.54) is 0 Å². The van der Waals surface area contributed by atoms with Gasteiger partial charge in [0.15, 0.2) is 0 Å². The molecule has 1 atom stereocenters. The number of fused-ring (bicyclic) bond motifs is 1. The molecule has 3 heteroatoms. The summed E-state index contributed by atoms with van der Waals surface area (Å²) >= 11 is 0. The molecular weight excluding hydrogens is 262 g/mol. The molecule has 1 heterocycles. The molecule has 0 bridgehead atoms. The summed E-state index contributed by atoms with van der Waals surface area (Å²) in [6.45, 7) is 2.82. The van der Waals surface area contributed by atoms with E-state index in [9.17, 15) is 4.79 Å². The molecule has 0 saturated heterocycles. The number of hydrogen-bond acceptors (Lipinski definition) is 2. The molecule has 1 amide bonds. The summed E-state index contributed by atoms with van der Waals surface area (Å²) in [4.78, 5) is 12.1. The zero-order chi connectivity index (χ0) is 14.7. The molecule has 0 spiro atoms. The maximum atomic E-state index is 12.1. The Labute approximate surface area is 124 Å². The highest BCUT2D eigenvalue weighted by molar-refractivity contribution is 6.03. The minimum Gasteiger partial charge on any atom is -0.494 e. The topological polar surface area (TPSA) is 38.3 Å². The molecule has 108 valence electrons. The summed E-state index contributed by atoms with van der Waals surface area (Å²) in [5, 5.41) is 2.94. The molecule has 0 fully saturated rings. The smallest absolute Gasteiger partial charge is 0.232 e. The van der Waals surface area contributed by atoms with Crippen LogP contribution in [-0.2, 0) is 11.2 Å². The lowest BCUT2D eigenvalue weighted by Gasteiger charge is -2.10. The number of amides is 1. The van der Waals surface area contributed by atoms with Gasteiger partial charge in [0.2, 0.25) is 5.91 Å². The van der Waals surface area contributed by atoms with E-state index in [1.54, 1.807) is 0 Å². The predicted octanol–water partition coefficient (Wildman–Crippen LogP) is 3.75. The van der Waals surface area contributed by atoms with Crippen LogP contribution >= 0.6 is 0 Å². The lowest BCUT2D eigenvalue weighted by Crippen LogP contribution is -2.14. The first-order valence-electron chi connectivity index (χ1n) is 7.39. The molecule has 0 radical (unpaired) electrons. The van der Waals surface area contributed by atoms with Gasteiger partial charge in [-0.15, -0.1) is 0 Å². The highest BCUT2D eigenvalue weighted by atomic mass is 16.5. The largest absolute Gasteiger partial charge is 0.494 e. The molecule has 2 aromatic carbocycles. The number of benzene rings is 2. The molecule has 3 nitrogen and oxygen atoms in total. The molecule has 1 aliphatic rings. The van der Waals surface area contributed by atoms with Crippen LogP contribution in [0.15, 0.2) is 48.5 Å². The Morgan fingerprint density at radius 2 is 1.86 bits per heavy atom. The lowest BCUT2D eigenvalue weighted by molar-refractivity contribution is -0.117. The summed E-state index contributed by atoms with van der Waals surface area (Å²) in [6, 6.07) is 15.9. The molecule has 1 aliphatic heterocycles. The normalized spacial score (nSPS) is 16.4. The first-order valence-corrected chi connectivity index (χ1v) is 7.39. The highest BCUT2D eigenvalue weighted by Gasteiger charge is 2.29. The fraction of sp³-hybridized carbons (Fsp3) is 0.278. The minimum absolute atomic E-state index is 0.0857. The highest BCUT2D eigenvalue weighted by Crippen LogP contribution is 2.34. The van der Waals surface area contributed by atoms with Crippen LogP contribution in [0.2, 0.25) is 0 Å². The number of hydrogen-bond donors (Lipinski definition) is 1. The van der Waals surface area contributed by atoms with Crippen LogP contribution < -0.4 is 10.1 Å². The molecule has 0 aromatic heterocycles. The van der Waals surface area contributed by atoms with E-state index in [-0.39, 0.29) is 11.8 Å². The minimum atomic E-state index is -0.0939. The van der Waals surface area contributed by atoms with Gasteiger partial charge in [-0.25, -0.2) is 0 Å². The van der Waals surface area contributed by atoms with E-state index in [2.05, 4.69) is 12.2 Å². The summed E-state index contributed by atoms with van der Waals surface area (Å²) in [7, 11) is 0. The SMILES string of the molecule is CCCOc1ccc(C[C@@H]2C(=O)Nc3ccccc32)cc1. The van der Waals surface area contributed by atoms with E-state index < -0.39 is 0 Å². The van der Waals surface area contributed by atoms with Crippen LogP contribution in [0, 0.1) is 0 Å². The maximum Gasteiger partial charge on any atom is 0.232 e. The number of para-hydroxylation sites is 1. The molecule has 2 aromatic rings. The zero-order valence-electron chi connectivity index (χ0n) is 12.1. The van der Waals surface area contributed by atoms with Crippen LogP contribution in [0.25, 0.3) is 0 Å². The molecule has 0 aliphatic carbocycles. The van der Waals surface area contributed by atoms with Crippen molar-refractivity contribution in [2.75, 3.05) is 11.9 Å². The summed E-state index contributed by atoms with van der Waals surface area (Å²) < 4.78 is 5.58. The van der Waals surface area contributed by atoms with Gasteiger partial charge in [0.05, 0.1) is 12.5 Å². The Bertz CT molecular complexity index is 634. The number of ether oxygens (including phenoxy) is 1. The van der Waals surface area contributed by atoms with E-state index in [1.807, 2.05) is 48.5 Å². The fourth-order valence-electron chi connectivity index (χ4n) is 2.66. The van der Waals surface area contributed by atoms with Gasteiger partial charge in [0.25, 0.3) is 0 Å². The van der Waals surface area contributed by atoms with Crippen LogP contribution in [0.4, 0.5) is 5.69 Å².